The van der Waals surface area contributed by atoms with Crippen molar-refractivity contribution in [2.24, 2.45) is 0 Å². The molecule has 6 nitrogen and oxygen atoms in total. The van der Waals surface area contributed by atoms with Crippen molar-refractivity contribution < 1.29 is 0 Å². The number of nitrogens with zero attached hydrogens (tertiary/aromatic N) is 5. The van der Waals surface area contributed by atoms with Crippen molar-refractivity contribution in [2.75, 3.05) is 47.8 Å². The molecule has 3 aromatic rings. The summed E-state index contributed by atoms with van der Waals surface area (Å²) in [6.45, 7) is 4.43. The summed E-state index contributed by atoms with van der Waals surface area (Å²) in [4.78, 5) is 9.22. The highest BCUT2D eigenvalue weighted by molar-refractivity contribution is 6.30. The summed E-state index contributed by atoms with van der Waals surface area (Å²) < 4.78 is 0. The summed E-state index contributed by atoms with van der Waals surface area (Å²) in [7, 11) is 0. The maximum Gasteiger partial charge on any atom is 0.247 e. The quantitative estimate of drug-likeness (QED) is 0.690. The van der Waals surface area contributed by atoms with E-state index in [1.165, 1.54) is 11.3 Å². The number of piperazine rings is 1. The Hall–Kier alpha value is -2.86. The zero-order valence-electron chi connectivity index (χ0n) is 15.6. The number of rotatable bonds is 6. The molecule has 0 saturated carbocycles. The van der Waals surface area contributed by atoms with Crippen LogP contribution in [0.2, 0.25) is 5.02 Å². The van der Waals surface area contributed by atoms with Gasteiger partial charge in [0.25, 0.3) is 0 Å². The molecule has 1 aliphatic rings. The van der Waals surface area contributed by atoms with Crippen LogP contribution in [0.25, 0.3) is 0 Å². The van der Waals surface area contributed by atoms with Crippen molar-refractivity contribution in [1.82, 2.24) is 15.2 Å². The molecule has 1 saturated heterocycles. The fourth-order valence-corrected chi connectivity index (χ4v) is 3.43. The first-order chi connectivity index (χ1) is 13.8. The molecule has 1 aliphatic heterocycles. The average molecular weight is 395 g/mol. The van der Waals surface area contributed by atoms with Crippen LogP contribution in [0, 0.1) is 0 Å². The number of aromatic nitrogens is 3. The van der Waals surface area contributed by atoms with Gasteiger partial charge in [-0.3, -0.25) is 0 Å². The second-order valence-electron chi connectivity index (χ2n) is 6.75. The van der Waals surface area contributed by atoms with Gasteiger partial charge in [0.15, 0.2) is 5.82 Å². The van der Waals surface area contributed by atoms with Crippen LogP contribution in [0.4, 0.5) is 17.5 Å². The molecule has 0 unspecified atom stereocenters. The third-order valence-electron chi connectivity index (χ3n) is 4.86. The predicted octanol–water partition coefficient (Wildman–Crippen LogP) is 3.51. The molecule has 2 heterocycles. The first-order valence-electron chi connectivity index (χ1n) is 9.51. The van der Waals surface area contributed by atoms with E-state index >= 15 is 0 Å². The highest BCUT2D eigenvalue weighted by Gasteiger charge is 2.19. The fraction of sp³-hybridized carbons (Fsp3) is 0.286. The third-order valence-corrected chi connectivity index (χ3v) is 5.12. The van der Waals surface area contributed by atoms with E-state index in [0.29, 0.717) is 5.95 Å². The molecule has 1 N–H and O–H groups in total. The average Bonchev–Trinajstić information content (AvgIpc) is 2.76. The summed E-state index contributed by atoms with van der Waals surface area (Å²) in [5.41, 5.74) is 2.50. The van der Waals surface area contributed by atoms with Gasteiger partial charge in [0.1, 0.15) is 0 Å². The minimum atomic E-state index is 0.684. The van der Waals surface area contributed by atoms with E-state index in [9.17, 15) is 0 Å². The Labute approximate surface area is 170 Å². The standard InChI is InChI=1S/C21H23ClN6/c22-18-8-6-17(7-9-18)10-11-23-20-16-24-26-21(25-20)28-14-12-27(13-15-28)19-4-2-1-3-5-19/h1-9,16H,10-15H2,(H,23,25,26). The van der Waals surface area contributed by atoms with Crippen LogP contribution in [0.5, 0.6) is 0 Å². The van der Waals surface area contributed by atoms with Crippen LogP contribution in [-0.4, -0.2) is 47.9 Å². The normalized spacial score (nSPS) is 14.2. The van der Waals surface area contributed by atoms with Gasteiger partial charge in [0.05, 0.1) is 6.20 Å². The van der Waals surface area contributed by atoms with Crippen molar-refractivity contribution in [3.05, 3.63) is 71.4 Å². The molecule has 1 fully saturated rings. The first kappa shape index (κ1) is 18.5. The molecule has 0 amide bonds. The van der Waals surface area contributed by atoms with Gasteiger partial charge in [-0.15, -0.1) is 5.10 Å². The molecule has 4 rings (SSSR count). The number of halogens is 1. The van der Waals surface area contributed by atoms with Crippen LogP contribution in [-0.2, 0) is 6.42 Å². The van der Waals surface area contributed by atoms with Gasteiger partial charge < -0.3 is 15.1 Å². The van der Waals surface area contributed by atoms with Crippen molar-refractivity contribution in [2.45, 2.75) is 6.42 Å². The van der Waals surface area contributed by atoms with Crippen molar-refractivity contribution in [1.29, 1.82) is 0 Å². The topological polar surface area (TPSA) is 57.2 Å². The van der Waals surface area contributed by atoms with Crippen LogP contribution in [0.3, 0.4) is 0 Å². The minimum absolute atomic E-state index is 0.684. The molecular formula is C21H23ClN6. The number of nitrogens with one attached hydrogen (secondary N) is 1. The highest BCUT2D eigenvalue weighted by Crippen LogP contribution is 2.18. The third kappa shape index (κ3) is 4.70. The van der Waals surface area contributed by atoms with E-state index in [1.54, 1.807) is 6.20 Å². The zero-order chi connectivity index (χ0) is 19.2. The molecule has 1 aromatic heterocycles. The molecule has 2 aromatic carbocycles. The van der Waals surface area contributed by atoms with Crippen molar-refractivity contribution >= 4 is 29.1 Å². The molecule has 7 heteroatoms. The van der Waals surface area contributed by atoms with Crippen LogP contribution < -0.4 is 15.1 Å². The summed E-state index contributed by atoms with van der Waals surface area (Å²) >= 11 is 5.93. The smallest absolute Gasteiger partial charge is 0.247 e. The van der Waals surface area contributed by atoms with Crippen LogP contribution in [0.1, 0.15) is 5.56 Å². The second-order valence-corrected chi connectivity index (χ2v) is 7.19. The lowest BCUT2D eigenvalue weighted by molar-refractivity contribution is 0.635. The lowest BCUT2D eigenvalue weighted by atomic mass is 10.1. The molecule has 0 atom stereocenters. The Bertz CT molecular complexity index is 879. The molecule has 0 radical (unpaired) electrons. The molecule has 0 aliphatic carbocycles. The van der Waals surface area contributed by atoms with E-state index in [2.05, 4.69) is 54.6 Å². The maximum atomic E-state index is 5.93. The number of hydrogen-bond acceptors (Lipinski definition) is 6. The highest BCUT2D eigenvalue weighted by atomic mass is 35.5. The van der Waals surface area contributed by atoms with E-state index in [-0.39, 0.29) is 0 Å². The first-order valence-corrected chi connectivity index (χ1v) is 9.89. The van der Waals surface area contributed by atoms with Crippen molar-refractivity contribution in [3.63, 3.8) is 0 Å². The van der Waals surface area contributed by atoms with Gasteiger partial charge >= 0.3 is 0 Å². The molecular weight excluding hydrogens is 372 g/mol. The number of hydrogen-bond donors (Lipinski definition) is 1. The van der Waals surface area contributed by atoms with Gasteiger partial charge in [-0.2, -0.15) is 10.1 Å². The molecule has 0 spiro atoms. The Balaban J connectivity index is 1.31. The largest absolute Gasteiger partial charge is 0.368 e. The summed E-state index contributed by atoms with van der Waals surface area (Å²) in [6.07, 6.45) is 2.57. The summed E-state index contributed by atoms with van der Waals surface area (Å²) in [5.74, 6) is 1.44. The molecule has 28 heavy (non-hydrogen) atoms. The zero-order valence-corrected chi connectivity index (χ0v) is 16.4. The number of benzene rings is 2. The van der Waals surface area contributed by atoms with E-state index in [1.807, 2.05) is 30.3 Å². The Morgan fingerprint density at radius 2 is 1.61 bits per heavy atom. The predicted molar refractivity (Wildman–Crippen MR) is 114 cm³/mol. The maximum absolute atomic E-state index is 5.93. The Morgan fingerprint density at radius 1 is 0.893 bits per heavy atom. The second kappa shape index (κ2) is 8.89. The van der Waals surface area contributed by atoms with Crippen LogP contribution >= 0.6 is 11.6 Å². The van der Waals surface area contributed by atoms with Crippen LogP contribution in [0.15, 0.2) is 60.8 Å². The number of para-hydroxylation sites is 1. The lowest BCUT2D eigenvalue weighted by Gasteiger charge is -2.35. The monoisotopic (exact) mass is 394 g/mol. The van der Waals surface area contributed by atoms with E-state index in [0.717, 1.165) is 50.0 Å². The van der Waals surface area contributed by atoms with Gasteiger partial charge in [-0.05, 0) is 36.2 Å². The Morgan fingerprint density at radius 3 is 2.36 bits per heavy atom. The number of anilines is 3. The van der Waals surface area contributed by atoms with Gasteiger partial charge in [0, 0.05) is 43.4 Å². The summed E-state index contributed by atoms with van der Waals surface area (Å²) in [6, 6.07) is 18.4. The van der Waals surface area contributed by atoms with Crippen molar-refractivity contribution in [3.8, 4) is 0 Å². The molecule has 144 valence electrons. The SMILES string of the molecule is Clc1ccc(CCNc2cnnc(N3CCN(c4ccccc4)CC3)n2)cc1. The molecule has 0 bridgehead atoms. The Kier molecular flexibility index (Phi) is 5.87. The van der Waals surface area contributed by atoms with Gasteiger partial charge in [-0.25, -0.2) is 0 Å². The minimum Gasteiger partial charge on any atom is -0.368 e. The van der Waals surface area contributed by atoms with Gasteiger partial charge in [0.2, 0.25) is 5.95 Å². The van der Waals surface area contributed by atoms with E-state index in [4.69, 9.17) is 11.6 Å². The van der Waals surface area contributed by atoms with E-state index < -0.39 is 0 Å². The van der Waals surface area contributed by atoms with Gasteiger partial charge in [-0.1, -0.05) is 41.9 Å². The lowest BCUT2D eigenvalue weighted by Crippen LogP contribution is -2.47. The fourth-order valence-electron chi connectivity index (χ4n) is 3.30. The summed E-state index contributed by atoms with van der Waals surface area (Å²) in [5, 5.41) is 12.5.